The Bertz CT molecular complexity index is 417. The lowest BCUT2D eigenvalue weighted by atomic mass is 9.97. The third-order valence-electron chi connectivity index (χ3n) is 3.32. The van der Waals surface area contributed by atoms with Crippen LogP contribution in [0.1, 0.15) is 39.4 Å². The topological polar surface area (TPSA) is 48.4 Å². The van der Waals surface area contributed by atoms with Crippen molar-refractivity contribution in [3.8, 4) is 0 Å². The van der Waals surface area contributed by atoms with Crippen molar-refractivity contribution in [2.45, 2.75) is 39.3 Å². The second-order valence-corrected chi connectivity index (χ2v) is 6.42. The van der Waals surface area contributed by atoms with E-state index in [1.807, 2.05) is 14.0 Å². The average molecular weight is 297 g/mol. The lowest BCUT2D eigenvalue weighted by molar-refractivity contribution is 0.0391. The van der Waals surface area contributed by atoms with Crippen molar-refractivity contribution < 1.29 is 9.50 Å². The minimum absolute atomic E-state index is 0.0693. The zero-order valence-corrected chi connectivity index (χ0v) is 13.7. The molecule has 0 saturated carbocycles. The Balaban J connectivity index is 2.73. The van der Waals surface area contributed by atoms with Gasteiger partial charge in [0.15, 0.2) is 0 Å². The van der Waals surface area contributed by atoms with Gasteiger partial charge < -0.3 is 15.3 Å². The summed E-state index contributed by atoms with van der Waals surface area (Å²) >= 11 is 0. The summed E-state index contributed by atoms with van der Waals surface area (Å²) < 4.78 is 13.0. The van der Waals surface area contributed by atoms with E-state index in [0.717, 1.165) is 18.8 Å². The maximum absolute atomic E-state index is 13.0. The number of aromatic nitrogens is 1. The highest BCUT2D eigenvalue weighted by Gasteiger charge is 2.23. The first kappa shape index (κ1) is 18.0. The molecule has 2 unspecified atom stereocenters. The van der Waals surface area contributed by atoms with Crippen LogP contribution < -0.4 is 5.32 Å². The van der Waals surface area contributed by atoms with Gasteiger partial charge in [0, 0.05) is 13.1 Å². The van der Waals surface area contributed by atoms with Crippen LogP contribution in [-0.4, -0.2) is 47.3 Å². The molecule has 0 bridgehead atoms. The number of pyridine rings is 1. The summed E-state index contributed by atoms with van der Waals surface area (Å²) in [6.07, 6.45) is 1.26. The van der Waals surface area contributed by atoms with Crippen LogP contribution in [-0.2, 0) is 0 Å². The van der Waals surface area contributed by atoms with Crippen molar-refractivity contribution in [2.75, 3.05) is 26.7 Å². The van der Waals surface area contributed by atoms with Crippen LogP contribution in [0.25, 0.3) is 0 Å². The Morgan fingerprint density at radius 1 is 1.43 bits per heavy atom. The monoisotopic (exact) mass is 297 g/mol. The Kier molecular flexibility index (Phi) is 6.71. The summed E-state index contributed by atoms with van der Waals surface area (Å²) in [6.45, 7) is 10.0. The SMILES string of the molecule is CCNC(c1ccc(F)cn1)C(C)CN(C)CC(C)(C)O. The number of nitrogens with zero attached hydrogens (tertiary/aromatic N) is 2. The molecule has 0 amide bonds. The molecule has 4 nitrogen and oxygen atoms in total. The van der Waals surface area contributed by atoms with E-state index in [2.05, 4.69) is 22.1 Å². The molecule has 1 heterocycles. The van der Waals surface area contributed by atoms with Gasteiger partial charge in [-0.3, -0.25) is 4.98 Å². The van der Waals surface area contributed by atoms with Crippen LogP contribution in [0.3, 0.4) is 0 Å². The summed E-state index contributed by atoms with van der Waals surface area (Å²) in [5.41, 5.74) is 0.137. The van der Waals surface area contributed by atoms with Gasteiger partial charge in [0.2, 0.25) is 0 Å². The quantitative estimate of drug-likeness (QED) is 0.772. The number of hydrogen-bond donors (Lipinski definition) is 2. The standard InChI is InChI=1S/C16H28FN3O/c1-6-18-15(14-8-7-13(17)9-19-14)12(2)10-20(5)11-16(3,4)21/h7-9,12,15,18,21H,6,10-11H2,1-5H3. The minimum atomic E-state index is -0.712. The van der Waals surface area contributed by atoms with Crippen molar-refractivity contribution in [2.24, 2.45) is 5.92 Å². The largest absolute Gasteiger partial charge is 0.389 e. The highest BCUT2D eigenvalue weighted by atomic mass is 19.1. The Labute approximate surface area is 127 Å². The number of rotatable bonds is 8. The van der Waals surface area contributed by atoms with Gasteiger partial charge in [-0.05, 0) is 45.5 Å². The Hall–Kier alpha value is -1.04. The Morgan fingerprint density at radius 2 is 2.10 bits per heavy atom. The third kappa shape index (κ3) is 6.50. The van der Waals surface area contributed by atoms with Crippen molar-refractivity contribution in [3.05, 3.63) is 29.8 Å². The van der Waals surface area contributed by atoms with Crippen molar-refractivity contribution in [1.82, 2.24) is 15.2 Å². The molecule has 1 aromatic rings. The summed E-state index contributed by atoms with van der Waals surface area (Å²) in [4.78, 5) is 6.30. The van der Waals surface area contributed by atoms with Crippen LogP contribution in [0.2, 0.25) is 0 Å². The van der Waals surface area contributed by atoms with Crippen molar-refractivity contribution >= 4 is 0 Å². The maximum atomic E-state index is 13.0. The van der Waals surface area contributed by atoms with Crippen LogP contribution >= 0.6 is 0 Å². The van der Waals surface area contributed by atoms with E-state index in [9.17, 15) is 9.50 Å². The maximum Gasteiger partial charge on any atom is 0.141 e. The fourth-order valence-corrected chi connectivity index (χ4v) is 2.71. The third-order valence-corrected chi connectivity index (χ3v) is 3.32. The fourth-order valence-electron chi connectivity index (χ4n) is 2.71. The molecule has 0 aliphatic rings. The zero-order chi connectivity index (χ0) is 16.0. The van der Waals surface area contributed by atoms with E-state index >= 15 is 0 Å². The first-order chi connectivity index (χ1) is 9.73. The molecule has 2 atom stereocenters. The highest BCUT2D eigenvalue weighted by molar-refractivity contribution is 5.11. The second-order valence-electron chi connectivity index (χ2n) is 6.42. The first-order valence-corrected chi connectivity index (χ1v) is 7.48. The van der Waals surface area contributed by atoms with Crippen LogP contribution in [0.5, 0.6) is 0 Å². The van der Waals surface area contributed by atoms with E-state index in [1.165, 1.54) is 12.3 Å². The molecule has 2 N–H and O–H groups in total. The number of aliphatic hydroxyl groups is 1. The van der Waals surface area contributed by atoms with E-state index in [1.54, 1.807) is 19.9 Å². The summed E-state index contributed by atoms with van der Waals surface area (Å²) in [7, 11) is 2.00. The van der Waals surface area contributed by atoms with Gasteiger partial charge in [-0.2, -0.15) is 0 Å². The molecule has 120 valence electrons. The predicted molar refractivity (Wildman–Crippen MR) is 83.6 cm³/mol. The predicted octanol–water partition coefficient (Wildman–Crippen LogP) is 2.21. The summed E-state index contributed by atoms with van der Waals surface area (Å²) in [5, 5.41) is 13.3. The summed E-state index contributed by atoms with van der Waals surface area (Å²) in [6, 6.07) is 3.24. The van der Waals surface area contributed by atoms with Gasteiger partial charge >= 0.3 is 0 Å². The highest BCUT2D eigenvalue weighted by Crippen LogP contribution is 2.21. The number of halogens is 1. The lowest BCUT2D eigenvalue weighted by Crippen LogP contribution is -2.41. The second kappa shape index (κ2) is 7.82. The number of hydrogen-bond acceptors (Lipinski definition) is 4. The minimum Gasteiger partial charge on any atom is -0.389 e. The van der Waals surface area contributed by atoms with Gasteiger partial charge in [0.05, 0.1) is 23.5 Å². The van der Waals surface area contributed by atoms with Gasteiger partial charge in [-0.1, -0.05) is 13.8 Å². The molecular weight excluding hydrogens is 269 g/mol. The summed E-state index contributed by atoms with van der Waals surface area (Å²) in [5.74, 6) is -0.0314. The molecule has 0 aliphatic heterocycles. The molecule has 5 heteroatoms. The smallest absolute Gasteiger partial charge is 0.141 e. The molecule has 0 aliphatic carbocycles. The van der Waals surface area contributed by atoms with Gasteiger partial charge in [0.1, 0.15) is 5.82 Å². The van der Waals surface area contributed by atoms with Crippen LogP contribution in [0.15, 0.2) is 18.3 Å². The van der Waals surface area contributed by atoms with Crippen LogP contribution in [0.4, 0.5) is 4.39 Å². The fraction of sp³-hybridized carbons (Fsp3) is 0.688. The van der Waals surface area contributed by atoms with E-state index in [-0.39, 0.29) is 17.8 Å². The molecule has 0 radical (unpaired) electrons. The molecule has 0 fully saturated rings. The zero-order valence-electron chi connectivity index (χ0n) is 13.7. The molecular formula is C16H28FN3O. The molecule has 1 aromatic heterocycles. The molecule has 21 heavy (non-hydrogen) atoms. The van der Waals surface area contributed by atoms with Gasteiger partial charge in [-0.15, -0.1) is 0 Å². The molecule has 0 saturated heterocycles. The number of likely N-dealkylation sites (N-methyl/N-ethyl adjacent to an activating group) is 1. The van der Waals surface area contributed by atoms with E-state index in [0.29, 0.717) is 6.54 Å². The van der Waals surface area contributed by atoms with E-state index in [4.69, 9.17) is 0 Å². The lowest BCUT2D eigenvalue weighted by Gasteiger charge is -2.31. The van der Waals surface area contributed by atoms with Crippen LogP contribution in [0, 0.1) is 11.7 Å². The Morgan fingerprint density at radius 3 is 2.57 bits per heavy atom. The van der Waals surface area contributed by atoms with E-state index < -0.39 is 5.60 Å². The average Bonchev–Trinajstić information content (AvgIpc) is 2.34. The van der Waals surface area contributed by atoms with Gasteiger partial charge in [-0.25, -0.2) is 4.39 Å². The molecule has 1 rings (SSSR count). The van der Waals surface area contributed by atoms with Gasteiger partial charge in [0.25, 0.3) is 0 Å². The number of nitrogens with one attached hydrogen (secondary N) is 1. The molecule has 0 spiro atoms. The van der Waals surface area contributed by atoms with Crippen molar-refractivity contribution in [1.29, 1.82) is 0 Å². The normalized spacial score (nSPS) is 15.2. The first-order valence-electron chi connectivity index (χ1n) is 7.48. The molecule has 0 aromatic carbocycles. The van der Waals surface area contributed by atoms with Crippen molar-refractivity contribution in [3.63, 3.8) is 0 Å².